The molecule has 0 N–H and O–H groups in total. The monoisotopic (exact) mass is 764 g/mol. The Morgan fingerprint density at radius 3 is 1.67 bits per heavy atom. The van der Waals surface area contributed by atoms with E-state index in [4.69, 9.17) is 19.4 Å². The third-order valence-electron chi connectivity index (χ3n) is 12.2. The van der Waals surface area contributed by atoms with Crippen LogP contribution in [0.25, 0.3) is 127 Å². The lowest BCUT2D eigenvalue weighted by Gasteiger charge is -2.14. The lowest BCUT2D eigenvalue weighted by atomic mass is 9.99. The minimum Gasteiger partial charge on any atom is -0.455 e. The van der Waals surface area contributed by atoms with E-state index in [1.807, 2.05) is 12.1 Å². The Morgan fingerprint density at radius 2 is 0.917 bits per heavy atom. The maximum absolute atomic E-state index is 6.68. The lowest BCUT2D eigenvalue weighted by Crippen LogP contribution is -2.07. The zero-order valence-electron chi connectivity index (χ0n) is 32.2. The fourth-order valence-corrected chi connectivity index (χ4v) is 9.40. The van der Waals surface area contributed by atoms with E-state index >= 15 is 0 Å². The zero-order valence-corrected chi connectivity index (χ0v) is 32.2. The summed E-state index contributed by atoms with van der Waals surface area (Å²) in [6.07, 6.45) is 0. The molecule has 10 aromatic carbocycles. The molecular weight excluding hydrogens is 733 g/mol. The summed E-state index contributed by atoms with van der Waals surface area (Å²) in [5.74, 6) is 1.71. The van der Waals surface area contributed by atoms with Crippen molar-refractivity contribution in [3.63, 3.8) is 0 Å². The molecule has 0 amide bonds. The number of benzene rings is 10. The highest BCUT2D eigenvalue weighted by molar-refractivity contribution is 6.24. The number of fused-ring (bicyclic) bond motifs is 13. The molecule has 0 fully saturated rings. The van der Waals surface area contributed by atoms with E-state index < -0.39 is 0 Å². The van der Waals surface area contributed by atoms with Gasteiger partial charge in [0.2, 0.25) is 5.95 Å². The molecule has 13 rings (SSSR count). The normalized spacial score (nSPS) is 12.0. The quantitative estimate of drug-likeness (QED) is 0.179. The molecular formula is C55H32N4O. The molecule has 0 aliphatic heterocycles. The summed E-state index contributed by atoms with van der Waals surface area (Å²) in [5, 5.41) is 13.4. The van der Waals surface area contributed by atoms with Gasteiger partial charge in [-0.2, -0.15) is 9.97 Å². The number of hydrogen-bond donors (Lipinski definition) is 0. The Labute approximate surface area is 343 Å². The molecule has 5 heteroatoms. The van der Waals surface area contributed by atoms with Crippen molar-refractivity contribution in [2.45, 2.75) is 0 Å². The summed E-state index contributed by atoms with van der Waals surface area (Å²) in [6.45, 7) is 0. The van der Waals surface area contributed by atoms with Gasteiger partial charge in [0.05, 0.1) is 11.0 Å². The number of rotatable bonds is 4. The van der Waals surface area contributed by atoms with E-state index in [9.17, 15) is 0 Å². The molecule has 0 aliphatic carbocycles. The first kappa shape index (κ1) is 32.9. The molecule has 0 saturated carbocycles. The summed E-state index contributed by atoms with van der Waals surface area (Å²) >= 11 is 0. The Balaban J connectivity index is 1.16. The molecule has 0 atom stereocenters. The molecule has 60 heavy (non-hydrogen) atoms. The van der Waals surface area contributed by atoms with Gasteiger partial charge in [0.25, 0.3) is 0 Å². The Hall–Kier alpha value is -8.15. The van der Waals surface area contributed by atoms with Crippen LogP contribution in [0.5, 0.6) is 0 Å². The molecule has 0 bridgehead atoms. The van der Waals surface area contributed by atoms with Gasteiger partial charge in [-0.3, -0.25) is 4.57 Å². The topological polar surface area (TPSA) is 56.7 Å². The second-order valence-electron chi connectivity index (χ2n) is 15.6. The molecule has 278 valence electrons. The minimum atomic E-state index is 0.549. The van der Waals surface area contributed by atoms with Crippen molar-refractivity contribution in [2.75, 3.05) is 0 Å². The number of furan rings is 1. The van der Waals surface area contributed by atoms with Crippen LogP contribution in [-0.4, -0.2) is 19.5 Å². The molecule has 3 aromatic heterocycles. The van der Waals surface area contributed by atoms with Crippen molar-refractivity contribution < 1.29 is 4.42 Å². The average Bonchev–Trinajstić information content (AvgIpc) is 3.88. The summed E-state index contributed by atoms with van der Waals surface area (Å²) in [4.78, 5) is 16.4. The molecule has 0 aliphatic rings. The second kappa shape index (κ2) is 12.7. The van der Waals surface area contributed by atoms with Gasteiger partial charge in [0.1, 0.15) is 11.2 Å². The Kier molecular flexibility index (Phi) is 6.95. The standard InChI is InChI=1S/C55H32N4O/c1-2-15-36-30-38(25-24-33(36)12-1)37-17-11-18-40(31-37)53-56-54(47-32-39-16-5-8-21-43(39)52-49(47)46-22-9-10-23-48(46)60-52)58-55(57-53)59-50-41-19-6-3-13-34(41)26-28-44(50)45-29-27-35-14-4-7-20-42(35)51(45)59/h1-32H. The highest BCUT2D eigenvalue weighted by Crippen LogP contribution is 2.43. The van der Waals surface area contributed by atoms with E-state index in [0.717, 1.165) is 98.3 Å². The molecule has 0 saturated heterocycles. The first-order chi connectivity index (χ1) is 29.7. The maximum Gasteiger partial charge on any atom is 0.238 e. The van der Waals surface area contributed by atoms with Crippen molar-refractivity contribution in [2.24, 2.45) is 0 Å². The summed E-state index contributed by atoms with van der Waals surface area (Å²) in [6, 6.07) is 68.6. The van der Waals surface area contributed by atoms with Crippen LogP contribution in [0.2, 0.25) is 0 Å². The largest absolute Gasteiger partial charge is 0.455 e. The first-order valence-corrected chi connectivity index (χ1v) is 20.3. The molecule has 5 nitrogen and oxygen atoms in total. The van der Waals surface area contributed by atoms with Crippen LogP contribution in [0, 0.1) is 0 Å². The van der Waals surface area contributed by atoms with E-state index in [1.165, 1.54) is 10.8 Å². The van der Waals surface area contributed by atoms with Crippen LogP contribution in [0.15, 0.2) is 199 Å². The van der Waals surface area contributed by atoms with Crippen molar-refractivity contribution in [1.82, 2.24) is 19.5 Å². The van der Waals surface area contributed by atoms with Crippen LogP contribution in [-0.2, 0) is 0 Å². The molecule has 0 unspecified atom stereocenters. The van der Waals surface area contributed by atoms with E-state index in [-0.39, 0.29) is 0 Å². The number of para-hydroxylation sites is 1. The van der Waals surface area contributed by atoms with Crippen LogP contribution in [0.4, 0.5) is 0 Å². The van der Waals surface area contributed by atoms with Crippen molar-refractivity contribution in [3.05, 3.63) is 194 Å². The zero-order chi connectivity index (χ0) is 39.3. The van der Waals surface area contributed by atoms with Crippen LogP contribution < -0.4 is 0 Å². The van der Waals surface area contributed by atoms with E-state index in [2.05, 4.69) is 187 Å². The van der Waals surface area contributed by atoms with Gasteiger partial charge in [-0.25, -0.2) is 4.98 Å². The predicted octanol–water partition coefficient (Wildman–Crippen LogP) is 14.5. The van der Waals surface area contributed by atoms with Gasteiger partial charge in [0, 0.05) is 48.8 Å². The minimum absolute atomic E-state index is 0.549. The van der Waals surface area contributed by atoms with Gasteiger partial charge in [-0.15, -0.1) is 0 Å². The highest BCUT2D eigenvalue weighted by atomic mass is 16.3. The fourth-order valence-electron chi connectivity index (χ4n) is 9.40. The van der Waals surface area contributed by atoms with Crippen LogP contribution in [0.1, 0.15) is 0 Å². The Morgan fingerprint density at radius 1 is 0.350 bits per heavy atom. The average molecular weight is 765 g/mol. The van der Waals surface area contributed by atoms with Gasteiger partial charge in [-0.1, -0.05) is 170 Å². The smallest absolute Gasteiger partial charge is 0.238 e. The second-order valence-corrected chi connectivity index (χ2v) is 15.6. The SMILES string of the molecule is c1cc(-c2ccc3ccccc3c2)cc(-c2nc(-c3cc4ccccc4c4oc5ccccc5c34)nc(-n3c4c5ccccc5ccc4c4ccc5ccccc5c43)n2)c1. The van der Waals surface area contributed by atoms with Gasteiger partial charge in [-0.05, 0) is 62.3 Å². The molecule has 0 radical (unpaired) electrons. The summed E-state index contributed by atoms with van der Waals surface area (Å²) in [7, 11) is 0. The highest BCUT2D eigenvalue weighted by Gasteiger charge is 2.24. The molecule has 3 heterocycles. The van der Waals surface area contributed by atoms with Gasteiger partial charge < -0.3 is 4.42 Å². The van der Waals surface area contributed by atoms with Crippen LogP contribution in [0.3, 0.4) is 0 Å². The van der Waals surface area contributed by atoms with Gasteiger partial charge >= 0.3 is 0 Å². The van der Waals surface area contributed by atoms with Crippen molar-refractivity contribution >= 4 is 86.8 Å². The van der Waals surface area contributed by atoms with E-state index in [1.54, 1.807) is 0 Å². The number of aromatic nitrogens is 4. The van der Waals surface area contributed by atoms with E-state index in [0.29, 0.717) is 17.6 Å². The Bertz CT molecular complexity index is 3820. The number of nitrogens with zero attached hydrogens (tertiary/aromatic N) is 4. The fraction of sp³-hybridized carbons (Fsp3) is 0. The molecule has 13 aromatic rings. The molecule has 0 spiro atoms. The van der Waals surface area contributed by atoms with Gasteiger partial charge in [0.15, 0.2) is 11.6 Å². The third kappa shape index (κ3) is 4.90. The lowest BCUT2D eigenvalue weighted by molar-refractivity contribution is 0.672. The maximum atomic E-state index is 6.68. The number of hydrogen-bond acceptors (Lipinski definition) is 4. The third-order valence-corrected chi connectivity index (χ3v) is 12.2. The predicted molar refractivity (Wildman–Crippen MR) is 248 cm³/mol. The summed E-state index contributed by atoms with van der Waals surface area (Å²) < 4.78 is 8.96. The van der Waals surface area contributed by atoms with Crippen molar-refractivity contribution in [1.29, 1.82) is 0 Å². The van der Waals surface area contributed by atoms with Crippen LogP contribution >= 0.6 is 0 Å². The summed E-state index contributed by atoms with van der Waals surface area (Å²) in [5.41, 5.74) is 7.77. The first-order valence-electron chi connectivity index (χ1n) is 20.3. The van der Waals surface area contributed by atoms with Crippen molar-refractivity contribution in [3.8, 4) is 39.9 Å².